The summed E-state index contributed by atoms with van der Waals surface area (Å²) in [5.74, 6) is 0.167. The second-order valence-corrected chi connectivity index (χ2v) is 6.97. The second-order valence-electron chi connectivity index (χ2n) is 5.97. The molecule has 0 atom stereocenters. The molecule has 0 radical (unpaired) electrons. The molecule has 1 aromatic heterocycles. The fourth-order valence-electron chi connectivity index (χ4n) is 2.51. The molecule has 5 nitrogen and oxygen atoms in total. The van der Waals surface area contributed by atoms with Crippen LogP contribution in [0.1, 0.15) is 16.7 Å². The van der Waals surface area contributed by atoms with Crippen molar-refractivity contribution in [2.75, 3.05) is 5.75 Å². The normalized spacial score (nSPS) is 11.2. The van der Waals surface area contributed by atoms with Gasteiger partial charge < -0.3 is 5.11 Å². The van der Waals surface area contributed by atoms with Gasteiger partial charge >= 0.3 is 0 Å². The number of phenols is 1. The molecule has 2 N–H and O–H groups in total. The van der Waals surface area contributed by atoms with Crippen LogP contribution in [0.25, 0.3) is 10.9 Å². The number of aryl methyl sites for hydroxylation is 2. The largest absolute Gasteiger partial charge is 0.508 e. The number of aromatic hydroxyl groups is 1. The van der Waals surface area contributed by atoms with Crippen molar-refractivity contribution in [3.8, 4) is 5.75 Å². The molecule has 2 aromatic carbocycles. The van der Waals surface area contributed by atoms with Crippen LogP contribution in [0, 0.1) is 13.8 Å². The lowest BCUT2D eigenvalue weighted by atomic mass is 10.1. The van der Waals surface area contributed by atoms with Crippen LogP contribution < -0.4 is 5.43 Å². The number of carbonyl (C=O) groups excluding carboxylic acids is 1. The molecule has 1 amide bonds. The van der Waals surface area contributed by atoms with Crippen LogP contribution >= 0.6 is 11.8 Å². The third-order valence-corrected chi connectivity index (χ3v) is 4.68. The molecule has 0 aliphatic heterocycles. The molecule has 0 saturated carbocycles. The van der Waals surface area contributed by atoms with E-state index >= 15 is 0 Å². The average Bonchev–Trinajstić information content (AvgIpc) is 2.61. The zero-order valence-electron chi connectivity index (χ0n) is 14.6. The summed E-state index contributed by atoms with van der Waals surface area (Å²) in [6.45, 7) is 4.11. The van der Waals surface area contributed by atoms with E-state index in [1.54, 1.807) is 24.3 Å². The van der Waals surface area contributed by atoms with Gasteiger partial charge in [0.15, 0.2) is 0 Å². The first-order valence-electron chi connectivity index (χ1n) is 8.13. The van der Waals surface area contributed by atoms with Crippen LogP contribution in [-0.2, 0) is 4.79 Å². The minimum absolute atomic E-state index is 0.156. The third-order valence-electron chi connectivity index (χ3n) is 3.77. The number of nitrogens with one attached hydrogen (secondary N) is 1. The summed E-state index contributed by atoms with van der Waals surface area (Å²) in [5.41, 5.74) is 6.46. The number of fused-ring (bicyclic) bond motifs is 1. The first-order valence-corrected chi connectivity index (χ1v) is 9.11. The zero-order chi connectivity index (χ0) is 18.5. The standard InChI is InChI=1S/C20H19N3O2S/c1-13-6-7-18-17(8-13)14(2)9-20(22-18)26-12-19(25)23-21-11-15-4-3-5-16(24)10-15/h3-11,24H,12H2,1-2H3,(H,23,25). The summed E-state index contributed by atoms with van der Waals surface area (Å²) in [6.07, 6.45) is 1.49. The molecule has 1 heterocycles. The van der Waals surface area contributed by atoms with Crippen molar-refractivity contribution >= 4 is 34.8 Å². The molecule has 0 aliphatic carbocycles. The van der Waals surface area contributed by atoms with Crippen LogP contribution in [0.15, 0.2) is 58.7 Å². The molecule has 0 spiro atoms. The van der Waals surface area contributed by atoms with Gasteiger partial charge in [0.1, 0.15) is 5.75 Å². The van der Waals surface area contributed by atoms with E-state index in [9.17, 15) is 9.90 Å². The van der Waals surface area contributed by atoms with Gasteiger partial charge in [0, 0.05) is 5.39 Å². The number of hydrogen-bond donors (Lipinski definition) is 2. The highest BCUT2D eigenvalue weighted by Crippen LogP contribution is 2.24. The Morgan fingerprint density at radius 1 is 1.23 bits per heavy atom. The van der Waals surface area contributed by atoms with E-state index < -0.39 is 0 Å². The van der Waals surface area contributed by atoms with Crippen molar-refractivity contribution in [1.29, 1.82) is 0 Å². The predicted molar refractivity (Wildman–Crippen MR) is 106 cm³/mol. The Bertz CT molecular complexity index is 986. The Balaban J connectivity index is 1.59. The van der Waals surface area contributed by atoms with E-state index in [1.807, 2.05) is 25.1 Å². The van der Waals surface area contributed by atoms with E-state index in [4.69, 9.17) is 0 Å². The van der Waals surface area contributed by atoms with Gasteiger partial charge in [0.25, 0.3) is 0 Å². The number of phenolic OH excluding ortho intramolecular Hbond substituents is 1. The number of rotatable bonds is 5. The lowest BCUT2D eigenvalue weighted by Crippen LogP contribution is -2.19. The monoisotopic (exact) mass is 365 g/mol. The second kappa shape index (κ2) is 8.01. The quantitative estimate of drug-likeness (QED) is 0.410. The van der Waals surface area contributed by atoms with Crippen molar-refractivity contribution in [3.63, 3.8) is 0 Å². The van der Waals surface area contributed by atoms with E-state index in [0.717, 1.165) is 21.5 Å². The number of carbonyl (C=O) groups is 1. The maximum absolute atomic E-state index is 11.9. The number of hydrazone groups is 1. The molecule has 3 aromatic rings. The Hall–Kier alpha value is -2.86. The van der Waals surface area contributed by atoms with Crippen molar-refractivity contribution in [2.24, 2.45) is 5.10 Å². The van der Waals surface area contributed by atoms with Gasteiger partial charge in [-0.3, -0.25) is 4.79 Å². The fourth-order valence-corrected chi connectivity index (χ4v) is 3.27. The average molecular weight is 365 g/mol. The molecule has 26 heavy (non-hydrogen) atoms. The maximum Gasteiger partial charge on any atom is 0.250 e. The minimum atomic E-state index is -0.213. The number of pyridine rings is 1. The molecule has 0 unspecified atom stereocenters. The smallest absolute Gasteiger partial charge is 0.250 e. The van der Waals surface area contributed by atoms with Crippen molar-refractivity contribution < 1.29 is 9.90 Å². The van der Waals surface area contributed by atoms with Crippen molar-refractivity contribution in [1.82, 2.24) is 10.4 Å². The molecular weight excluding hydrogens is 346 g/mol. The Morgan fingerprint density at radius 3 is 2.88 bits per heavy atom. The zero-order valence-corrected chi connectivity index (χ0v) is 15.4. The highest BCUT2D eigenvalue weighted by molar-refractivity contribution is 7.99. The molecule has 6 heteroatoms. The Labute approximate surface area is 156 Å². The number of amides is 1. The molecule has 0 aliphatic rings. The maximum atomic E-state index is 11.9. The predicted octanol–water partition coefficient (Wildman–Crippen LogP) is 3.80. The molecule has 3 rings (SSSR count). The summed E-state index contributed by atoms with van der Waals surface area (Å²) >= 11 is 1.37. The van der Waals surface area contributed by atoms with Gasteiger partial charge in [-0.25, -0.2) is 10.4 Å². The van der Waals surface area contributed by atoms with E-state index in [0.29, 0.717) is 5.56 Å². The number of thioether (sulfide) groups is 1. The number of benzene rings is 2. The summed E-state index contributed by atoms with van der Waals surface area (Å²) in [4.78, 5) is 16.5. The van der Waals surface area contributed by atoms with Gasteiger partial charge in [-0.1, -0.05) is 35.5 Å². The van der Waals surface area contributed by atoms with Crippen LogP contribution in [-0.4, -0.2) is 28.0 Å². The van der Waals surface area contributed by atoms with Crippen LogP contribution in [0.5, 0.6) is 5.75 Å². The highest BCUT2D eigenvalue weighted by Gasteiger charge is 2.06. The molecule has 132 valence electrons. The molecular formula is C20H19N3O2S. The third kappa shape index (κ3) is 4.61. The summed E-state index contributed by atoms with van der Waals surface area (Å²) < 4.78 is 0. The van der Waals surface area contributed by atoms with Gasteiger partial charge in [-0.2, -0.15) is 5.10 Å². The van der Waals surface area contributed by atoms with Gasteiger partial charge in [-0.15, -0.1) is 0 Å². The van der Waals surface area contributed by atoms with Gasteiger partial charge in [0.05, 0.1) is 22.5 Å². The minimum Gasteiger partial charge on any atom is -0.508 e. The summed E-state index contributed by atoms with van der Waals surface area (Å²) in [7, 11) is 0. The van der Waals surface area contributed by atoms with Crippen LogP contribution in [0.3, 0.4) is 0 Å². The lowest BCUT2D eigenvalue weighted by molar-refractivity contribution is -0.118. The van der Waals surface area contributed by atoms with Crippen molar-refractivity contribution in [2.45, 2.75) is 18.9 Å². The first-order chi connectivity index (χ1) is 12.5. The molecule has 0 saturated heterocycles. The Kier molecular flexibility index (Phi) is 5.53. The number of nitrogens with zero attached hydrogens (tertiary/aromatic N) is 2. The SMILES string of the molecule is Cc1ccc2nc(SCC(=O)NN=Cc3cccc(O)c3)cc(C)c2c1. The van der Waals surface area contributed by atoms with E-state index in [1.165, 1.54) is 23.5 Å². The van der Waals surface area contributed by atoms with Crippen LogP contribution in [0.2, 0.25) is 0 Å². The fraction of sp³-hybridized carbons (Fsp3) is 0.150. The topological polar surface area (TPSA) is 74.6 Å². The molecule has 0 fully saturated rings. The number of hydrogen-bond acceptors (Lipinski definition) is 5. The summed E-state index contributed by atoms with van der Waals surface area (Å²) in [6, 6.07) is 14.8. The Morgan fingerprint density at radius 2 is 2.08 bits per heavy atom. The van der Waals surface area contributed by atoms with Gasteiger partial charge in [-0.05, 0) is 55.3 Å². The van der Waals surface area contributed by atoms with Crippen LogP contribution in [0.4, 0.5) is 0 Å². The van der Waals surface area contributed by atoms with Gasteiger partial charge in [0.2, 0.25) is 5.91 Å². The van der Waals surface area contributed by atoms with E-state index in [-0.39, 0.29) is 17.4 Å². The summed E-state index contributed by atoms with van der Waals surface area (Å²) in [5, 5.41) is 15.2. The lowest BCUT2D eigenvalue weighted by Gasteiger charge is -2.07. The number of aromatic nitrogens is 1. The van der Waals surface area contributed by atoms with Crippen molar-refractivity contribution in [3.05, 3.63) is 65.2 Å². The highest BCUT2D eigenvalue weighted by atomic mass is 32.2. The molecule has 0 bridgehead atoms. The van der Waals surface area contributed by atoms with E-state index in [2.05, 4.69) is 28.5 Å². The first kappa shape index (κ1) is 17.9.